The highest BCUT2D eigenvalue weighted by Gasteiger charge is 2.20. The molecule has 2 heterocycles. The van der Waals surface area contributed by atoms with Crippen molar-refractivity contribution in [2.45, 2.75) is 37.1 Å². The van der Waals surface area contributed by atoms with Crippen LogP contribution in [0.15, 0.2) is 35.6 Å². The zero-order valence-electron chi connectivity index (χ0n) is 14.7. The van der Waals surface area contributed by atoms with Crippen LogP contribution in [0.1, 0.15) is 28.8 Å². The number of hydrogen-bond donors (Lipinski definition) is 1. The molecule has 0 unspecified atom stereocenters. The van der Waals surface area contributed by atoms with E-state index >= 15 is 0 Å². The second-order valence-electron chi connectivity index (χ2n) is 6.44. The van der Waals surface area contributed by atoms with Gasteiger partial charge in [-0.2, -0.15) is 5.26 Å². The number of nitriles is 1. The summed E-state index contributed by atoms with van der Waals surface area (Å²) in [6.45, 7) is 0. The van der Waals surface area contributed by atoms with Gasteiger partial charge >= 0.3 is 0 Å². The highest BCUT2D eigenvalue weighted by Crippen LogP contribution is 2.39. The lowest BCUT2D eigenvalue weighted by molar-refractivity contribution is -0.113. The zero-order chi connectivity index (χ0) is 18.6. The quantitative estimate of drug-likeness (QED) is 0.514. The van der Waals surface area contributed by atoms with E-state index < -0.39 is 0 Å². The lowest BCUT2D eigenvalue weighted by Crippen LogP contribution is -2.14. The average molecular weight is 395 g/mol. The SMILES string of the molecule is N#CCc1ccc(NC(=O)CSc2ncnc3sc4c(c23)CCCC4)cc1. The average Bonchev–Trinajstić information content (AvgIpc) is 3.07. The number of anilines is 1. The van der Waals surface area contributed by atoms with E-state index in [1.54, 1.807) is 17.7 Å². The van der Waals surface area contributed by atoms with Crippen molar-refractivity contribution in [2.75, 3.05) is 11.1 Å². The Bertz CT molecular complexity index is 1020. The maximum atomic E-state index is 12.3. The minimum Gasteiger partial charge on any atom is -0.325 e. The van der Waals surface area contributed by atoms with Gasteiger partial charge in [0, 0.05) is 16.0 Å². The highest BCUT2D eigenvalue weighted by molar-refractivity contribution is 8.00. The summed E-state index contributed by atoms with van der Waals surface area (Å²) in [5.74, 6) is 0.236. The van der Waals surface area contributed by atoms with E-state index in [4.69, 9.17) is 5.26 Å². The molecule has 3 aromatic rings. The van der Waals surface area contributed by atoms with Gasteiger partial charge in [-0.15, -0.1) is 11.3 Å². The van der Waals surface area contributed by atoms with Gasteiger partial charge in [-0.25, -0.2) is 9.97 Å². The topological polar surface area (TPSA) is 78.7 Å². The van der Waals surface area contributed by atoms with Crippen molar-refractivity contribution in [2.24, 2.45) is 0 Å². The number of thioether (sulfide) groups is 1. The zero-order valence-corrected chi connectivity index (χ0v) is 16.3. The van der Waals surface area contributed by atoms with E-state index in [0.29, 0.717) is 12.2 Å². The van der Waals surface area contributed by atoms with Gasteiger partial charge in [-0.3, -0.25) is 4.79 Å². The van der Waals surface area contributed by atoms with E-state index in [2.05, 4.69) is 21.4 Å². The number of nitrogens with one attached hydrogen (secondary N) is 1. The number of aryl methyl sites for hydroxylation is 2. The van der Waals surface area contributed by atoms with Crippen LogP contribution in [0.5, 0.6) is 0 Å². The summed E-state index contributed by atoms with van der Waals surface area (Å²) in [5, 5.41) is 13.7. The largest absolute Gasteiger partial charge is 0.325 e. The second kappa shape index (κ2) is 8.07. The van der Waals surface area contributed by atoms with Crippen LogP contribution in [0.25, 0.3) is 10.2 Å². The number of fused-ring (bicyclic) bond motifs is 3. The van der Waals surface area contributed by atoms with Gasteiger partial charge in [-0.05, 0) is 48.9 Å². The summed E-state index contributed by atoms with van der Waals surface area (Å²) in [4.78, 5) is 23.7. The first-order valence-corrected chi connectivity index (χ1v) is 10.7. The maximum Gasteiger partial charge on any atom is 0.234 e. The number of hydrogen-bond acceptors (Lipinski definition) is 6. The number of carbonyl (C=O) groups is 1. The first-order chi connectivity index (χ1) is 13.2. The number of rotatable bonds is 5. The van der Waals surface area contributed by atoms with E-state index in [0.717, 1.165) is 39.3 Å². The molecule has 1 aliphatic rings. The number of nitrogens with zero attached hydrogens (tertiary/aromatic N) is 3. The van der Waals surface area contributed by atoms with Crippen LogP contribution >= 0.6 is 23.1 Å². The van der Waals surface area contributed by atoms with Crippen LogP contribution in [0.2, 0.25) is 0 Å². The number of thiophene rings is 1. The van der Waals surface area contributed by atoms with Crippen LogP contribution in [0.3, 0.4) is 0 Å². The Morgan fingerprint density at radius 3 is 2.85 bits per heavy atom. The van der Waals surface area contributed by atoms with Crippen LogP contribution in [0.4, 0.5) is 5.69 Å². The molecule has 0 spiro atoms. The van der Waals surface area contributed by atoms with Crippen molar-refractivity contribution in [3.63, 3.8) is 0 Å². The number of amides is 1. The third-order valence-electron chi connectivity index (χ3n) is 4.58. The lowest BCUT2D eigenvalue weighted by Gasteiger charge is -2.11. The summed E-state index contributed by atoms with van der Waals surface area (Å²) >= 11 is 3.23. The van der Waals surface area contributed by atoms with Gasteiger partial charge < -0.3 is 5.32 Å². The summed E-state index contributed by atoms with van der Waals surface area (Å²) in [7, 11) is 0. The van der Waals surface area contributed by atoms with Crippen LogP contribution in [-0.4, -0.2) is 21.6 Å². The monoisotopic (exact) mass is 394 g/mol. The van der Waals surface area contributed by atoms with Crippen LogP contribution in [0, 0.1) is 11.3 Å². The van der Waals surface area contributed by atoms with E-state index in [1.165, 1.54) is 35.0 Å². The Morgan fingerprint density at radius 1 is 1.22 bits per heavy atom. The molecule has 136 valence electrons. The van der Waals surface area contributed by atoms with Crippen LogP contribution < -0.4 is 5.32 Å². The maximum absolute atomic E-state index is 12.3. The van der Waals surface area contributed by atoms with Gasteiger partial charge in [0.15, 0.2) is 0 Å². The Labute approximate surface area is 165 Å². The molecule has 1 N–H and O–H groups in total. The molecule has 0 fully saturated rings. The predicted octanol–water partition coefficient (Wildman–Crippen LogP) is 4.37. The van der Waals surface area contributed by atoms with Crippen molar-refractivity contribution in [3.8, 4) is 6.07 Å². The molecule has 0 bridgehead atoms. The lowest BCUT2D eigenvalue weighted by atomic mass is 9.97. The fraction of sp³-hybridized carbons (Fsp3) is 0.300. The van der Waals surface area contributed by atoms with E-state index in [1.807, 2.05) is 24.3 Å². The molecule has 1 aliphatic carbocycles. The Hall–Kier alpha value is -2.43. The number of carbonyl (C=O) groups excluding carboxylic acids is 1. The van der Waals surface area contributed by atoms with Gasteiger partial charge in [0.1, 0.15) is 16.2 Å². The van der Waals surface area contributed by atoms with E-state index in [9.17, 15) is 4.79 Å². The number of aromatic nitrogens is 2. The van der Waals surface area contributed by atoms with Crippen molar-refractivity contribution in [3.05, 3.63) is 46.6 Å². The Kier molecular flexibility index (Phi) is 5.37. The standard InChI is InChI=1S/C20H18N4OS2/c21-10-9-13-5-7-14(8-6-13)24-17(25)11-26-19-18-15-3-1-2-4-16(15)27-20(18)23-12-22-19/h5-8,12H,1-4,9,11H2,(H,24,25). The first-order valence-electron chi connectivity index (χ1n) is 8.88. The molecule has 5 nitrogen and oxygen atoms in total. The fourth-order valence-corrected chi connectivity index (χ4v) is 5.42. The molecular formula is C20H18N4OS2. The molecule has 7 heteroatoms. The van der Waals surface area contributed by atoms with Gasteiger partial charge in [-0.1, -0.05) is 23.9 Å². The molecule has 0 radical (unpaired) electrons. The summed E-state index contributed by atoms with van der Waals surface area (Å²) in [6, 6.07) is 9.49. The minimum atomic E-state index is -0.0658. The summed E-state index contributed by atoms with van der Waals surface area (Å²) in [5.41, 5.74) is 3.07. The van der Waals surface area contributed by atoms with Gasteiger partial charge in [0.2, 0.25) is 5.91 Å². The van der Waals surface area contributed by atoms with Crippen LogP contribution in [-0.2, 0) is 24.1 Å². The fourth-order valence-electron chi connectivity index (χ4n) is 3.30. The second-order valence-corrected chi connectivity index (χ2v) is 8.49. The molecule has 0 saturated heterocycles. The van der Waals surface area contributed by atoms with Crippen molar-refractivity contribution in [1.29, 1.82) is 5.26 Å². The molecule has 27 heavy (non-hydrogen) atoms. The Balaban J connectivity index is 1.45. The minimum absolute atomic E-state index is 0.0658. The molecule has 4 rings (SSSR count). The summed E-state index contributed by atoms with van der Waals surface area (Å²) < 4.78 is 0. The predicted molar refractivity (Wildman–Crippen MR) is 109 cm³/mol. The first kappa shape index (κ1) is 18.0. The molecule has 0 atom stereocenters. The highest BCUT2D eigenvalue weighted by atomic mass is 32.2. The molecule has 1 aromatic carbocycles. The normalized spacial score (nSPS) is 13.1. The molecule has 2 aromatic heterocycles. The molecule has 0 aliphatic heterocycles. The third-order valence-corrected chi connectivity index (χ3v) is 6.77. The van der Waals surface area contributed by atoms with E-state index in [-0.39, 0.29) is 5.91 Å². The number of benzene rings is 1. The molecule has 0 saturated carbocycles. The summed E-state index contributed by atoms with van der Waals surface area (Å²) in [6.07, 6.45) is 6.63. The smallest absolute Gasteiger partial charge is 0.234 e. The van der Waals surface area contributed by atoms with Gasteiger partial charge in [0.25, 0.3) is 0 Å². The van der Waals surface area contributed by atoms with Gasteiger partial charge in [0.05, 0.1) is 18.2 Å². The molecular weight excluding hydrogens is 376 g/mol. The van der Waals surface area contributed by atoms with Crippen molar-refractivity contribution >= 4 is 44.9 Å². The van der Waals surface area contributed by atoms with Crippen molar-refractivity contribution in [1.82, 2.24) is 9.97 Å². The van der Waals surface area contributed by atoms with Crippen molar-refractivity contribution < 1.29 is 4.79 Å². The molecule has 1 amide bonds. The third kappa shape index (κ3) is 3.97. The Morgan fingerprint density at radius 2 is 2.04 bits per heavy atom.